The number of nitrogens with one attached hydrogen (secondary N) is 1. The van der Waals surface area contributed by atoms with Crippen LogP contribution < -0.4 is 11.1 Å². The second-order valence-corrected chi connectivity index (χ2v) is 5.32. The van der Waals surface area contributed by atoms with Gasteiger partial charge in [-0.3, -0.25) is 0 Å². The molecule has 0 radical (unpaired) electrons. The lowest BCUT2D eigenvalue weighted by Gasteiger charge is -2.53. The molecular weight excluding hydrogens is 172 g/mol. The van der Waals surface area contributed by atoms with Crippen molar-refractivity contribution in [3.05, 3.63) is 0 Å². The average molecular weight is 196 g/mol. The van der Waals surface area contributed by atoms with Gasteiger partial charge in [-0.25, -0.2) is 0 Å². The maximum atomic E-state index is 5.65. The minimum absolute atomic E-state index is 0.499. The van der Waals surface area contributed by atoms with Crippen molar-refractivity contribution >= 4 is 0 Å². The molecule has 2 atom stereocenters. The van der Waals surface area contributed by atoms with E-state index in [2.05, 4.69) is 12.2 Å². The summed E-state index contributed by atoms with van der Waals surface area (Å²) in [5.74, 6) is 0. The van der Waals surface area contributed by atoms with E-state index in [9.17, 15) is 0 Å². The van der Waals surface area contributed by atoms with E-state index in [4.69, 9.17) is 5.73 Å². The lowest BCUT2D eigenvalue weighted by atomic mass is 9.57. The summed E-state index contributed by atoms with van der Waals surface area (Å²) in [7, 11) is 0. The topological polar surface area (TPSA) is 38.0 Å². The standard InChI is InChI=1S/C12H24N2/c1-10(9-13)14-11-5-8-12(11)6-3-2-4-7-12/h10-11,14H,2-9,13H2,1H3. The van der Waals surface area contributed by atoms with E-state index in [0.717, 1.165) is 12.6 Å². The van der Waals surface area contributed by atoms with Gasteiger partial charge in [0, 0.05) is 18.6 Å². The molecule has 0 aromatic heterocycles. The van der Waals surface area contributed by atoms with Crippen molar-refractivity contribution in [1.29, 1.82) is 0 Å². The van der Waals surface area contributed by atoms with Crippen molar-refractivity contribution in [3.8, 4) is 0 Å². The molecule has 2 heteroatoms. The average Bonchev–Trinajstić information content (AvgIpc) is 2.25. The molecule has 0 aliphatic heterocycles. The van der Waals surface area contributed by atoms with Crippen LogP contribution in [0.15, 0.2) is 0 Å². The monoisotopic (exact) mass is 196 g/mol. The Morgan fingerprint density at radius 3 is 2.50 bits per heavy atom. The third kappa shape index (κ3) is 1.82. The molecule has 1 spiro atoms. The molecule has 0 heterocycles. The molecule has 2 nitrogen and oxygen atoms in total. The van der Waals surface area contributed by atoms with Crippen LogP contribution in [0, 0.1) is 5.41 Å². The molecule has 0 aromatic carbocycles. The predicted molar refractivity (Wildman–Crippen MR) is 60.2 cm³/mol. The van der Waals surface area contributed by atoms with Gasteiger partial charge in [0.05, 0.1) is 0 Å². The number of hydrogen-bond acceptors (Lipinski definition) is 2. The highest BCUT2D eigenvalue weighted by Gasteiger charge is 2.46. The largest absolute Gasteiger partial charge is 0.329 e. The molecule has 82 valence electrons. The van der Waals surface area contributed by atoms with Gasteiger partial charge < -0.3 is 11.1 Å². The summed E-state index contributed by atoms with van der Waals surface area (Å²) < 4.78 is 0. The Balaban J connectivity index is 1.87. The Bertz CT molecular complexity index is 185. The second kappa shape index (κ2) is 4.19. The normalized spacial score (nSPS) is 32.6. The second-order valence-electron chi connectivity index (χ2n) is 5.32. The first-order chi connectivity index (χ1) is 6.77. The van der Waals surface area contributed by atoms with Crippen LogP contribution in [0.25, 0.3) is 0 Å². The van der Waals surface area contributed by atoms with Crippen LogP contribution in [0.3, 0.4) is 0 Å². The lowest BCUT2D eigenvalue weighted by molar-refractivity contribution is 0.0181. The van der Waals surface area contributed by atoms with E-state index >= 15 is 0 Å². The van der Waals surface area contributed by atoms with Gasteiger partial charge >= 0.3 is 0 Å². The molecule has 2 fully saturated rings. The van der Waals surface area contributed by atoms with E-state index in [1.54, 1.807) is 0 Å². The summed E-state index contributed by atoms with van der Waals surface area (Å²) in [6, 6.07) is 1.28. The molecule has 2 unspecified atom stereocenters. The van der Waals surface area contributed by atoms with Gasteiger partial charge in [-0.1, -0.05) is 19.3 Å². The minimum Gasteiger partial charge on any atom is -0.329 e. The highest BCUT2D eigenvalue weighted by atomic mass is 15.0. The van der Waals surface area contributed by atoms with E-state index in [1.807, 2.05) is 0 Å². The third-order valence-electron chi connectivity index (χ3n) is 4.36. The SMILES string of the molecule is CC(CN)NC1CCC12CCCCC2. The van der Waals surface area contributed by atoms with Crippen LogP contribution in [0.5, 0.6) is 0 Å². The molecule has 0 aromatic rings. The molecule has 14 heavy (non-hydrogen) atoms. The Morgan fingerprint density at radius 1 is 1.29 bits per heavy atom. The number of rotatable bonds is 3. The van der Waals surface area contributed by atoms with Crippen LogP contribution in [-0.2, 0) is 0 Å². The van der Waals surface area contributed by atoms with E-state index in [1.165, 1.54) is 44.9 Å². The molecule has 2 saturated carbocycles. The summed E-state index contributed by atoms with van der Waals surface area (Å²) in [4.78, 5) is 0. The highest BCUT2D eigenvalue weighted by molar-refractivity contribution is 5.02. The molecule has 3 N–H and O–H groups in total. The fraction of sp³-hybridized carbons (Fsp3) is 1.00. The van der Waals surface area contributed by atoms with Crippen LogP contribution in [0.4, 0.5) is 0 Å². The Labute approximate surface area is 87.6 Å². The first-order valence-electron chi connectivity index (χ1n) is 6.23. The summed E-state index contributed by atoms with van der Waals surface area (Å²) in [5, 5.41) is 3.70. The van der Waals surface area contributed by atoms with Crippen LogP contribution >= 0.6 is 0 Å². The van der Waals surface area contributed by atoms with Crippen molar-refractivity contribution in [3.63, 3.8) is 0 Å². The van der Waals surface area contributed by atoms with E-state index in [-0.39, 0.29) is 0 Å². The third-order valence-corrected chi connectivity index (χ3v) is 4.36. The smallest absolute Gasteiger partial charge is 0.0164 e. The fourth-order valence-electron chi connectivity index (χ4n) is 3.22. The Kier molecular flexibility index (Phi) is 3.13. The van der Waals surface area contributed by atoms with Crippen molar-refractivity contribution in [2.45, 2.75) is 64.0 Å². The van der Waals surface area contributed by atoms with Gasteiger partial charge in [-0.2, -0.15) is 0 Å². The zero-order valence-electron chi connectivity index (χ0n) is 9.39. The van der Waals surface area contributed by atoms with Crippen LogP contribution in [-0.4, -0.2) is 18.6 Å². The van der Waals surface area contributed by atoms with E-state index < -0.39 is 0 Å². The van der Waals surface area contributed by atoms with Gasteiger partial charge in [0.25, 0.3) is 0 Å². The van der Waals surface area contributed by atoms with Gasteiger partial charge in [0.2, 0.25) is 0 Å². The predicted octanol–water partition coefficient (Wildman–Crippen LogP) is 2.04. The van der Waals surface area contributed by atoms with Gasteiger partial charge in [-0.15, -0.1) is 0 Å². The highest BCUT2D eigenvalue weighted by Crippen LogP contribution is 2.51. The maximum absolute atomic E-state index is 5.65. The quantitative estimate of drug-likeness (QED) is 0.725. The van der Waals surface area contributed by atoms with E-state index in [0.29, 0.717) is 11.5 Å². The molecular formula is C12H24N2. The first-order valence-corrected chi connectivity index (χ1v) is 6.23. The van der Waals surface area contributed by atoms with Crippen LogP contribution in [0.2, 0.25) is 0 Å². The Hall–Kier alpha value is -0.0800. The maximum Gasteiger partial charge on any atom is 0.0164 e. The molecule has 2 aliphatic rings. The summed E-state index contributed by atoms with van der Waals surface area (Å²) in [6.07, 6.45) is 10.1. The number of nitrogens with two attached hydrogens (primary N) is 1. The summed E-state index contributed by atoms with van der Waals surface area (Å²) in [6.45, 7) is 2.97. The molecule has 0 amide bonds. The fourth-order valence-corrected chi connectivity index (χ4v) is 3.22. The first kappa shape index (κ1) is 10.4. The zero-order valence-corrected chi connectivity index (χ0v) is 9.39. The zero-order chi connectivity index (χ0) is 10.0. The summed E-state index contributed by atoms with van der Waals surface area (Å²) >= 11 is 0. The van der Waals surface area contributed by atoms with Gasteiger partial charge in [0.1, 0.15) is 0 Å². The van der Waals surface area contributed by atoms with Crippen molar-refractivity contribution in [2.75, 3.05) is 6.54 Å². The Morgan fingerprint density at radius 2 is 2.00 bits per heavy atom. The lowest BCUT2D eigenvalue weighted by Crippen LogP contribution is -2.57. The summed E-state index contributed by atoms with van der Waals surface area (Å²) in [5.41, 5.74) is 6.34. The van der Waals surface area contributed by atoms with Crippen molar-refractivity contribution < 1.29 is 0 Å². The molecule has 2 rings (SSSR count). The van der Waals surface area contributed by atoms with Crippen LogP contribution in [0.1, 0.15) is 51.9 Å². The van der Waals surface area contributed by atoms with Crippen molar-refractivity contribution in [1.82, 2.24) is 5.32 Å². The van der Waals surface area contributed by atoms with Gasteiger partial charge in [0.15, 0.2) is 0 Å². The minimum atomic E-state index is 0.499. The molecule has 0 saturated heterocycles. The van der Waals surface area contributed by atoms with Crippen molar-refractivity contribution in [2.24, 2.45) is 11.1 Å². The van der Waals surface area contributed by atoms with Gasteiger partial charge in [-0.05, 0) is 38.0 Å². The molecule has 0 bridgehead atoms. The number of hydrogen-bond donors (Lipinski definition) is 2. The molecule has 2 aliphatic carbocycles.